The first-order valence-corrected chi connectivity index (χ1v) is 13.0. The van der Waals surface area contributed by atoms with Crippen molar-refractivity contribution in [2.75, 3.05) is 18.4 Å². The molecule has 1 fully saturated rings. The van der Waals surface area contributed by atoms with E-state index in [1.54, 1.807) is 24.3 Å². The highest BCUT2D eigenvalue weighted by atomic mass is 16.5. The maximum Gasteiger partial charge on any atom is 0.300 e. The number of phenols is 1. The molecule has 1 aromatic heterocycles. The molecule has 11 heteroatoms. The Kier molecular flexibility index (Phi) is 9.43. The number of aromatic nitrogens is 2. The van der Waals surface area contributed by atoms with Crippen LogP contribution in [0.1, 0.15) is 40.4 Å². The number of aliphatic carboxylic acids is 1. The number of carbonyl (C=O) groups is 2. The third-order valence-electron chi connectivity index (χ3n) is 6.48. The number of amidine groups is 1. The number of carboxylic acid groups (broad SMARTS) is 1. The van der Waals surface area contributed by atoms with Gasteiger partial charge in [0, 0.05) is 48.6 Å². The van der Waals surface area contributed by atoms with Crippen molar-refractivity contribution in [1.82, 2.24) is 14.9 Å². The van der Waals surface area contributed by atoms with E-state index in [1.165, 1.54) is 12.4 Å². The van der Waals surface area contributed by atoms with Gasteiger partial charge in [-0.25, -0.2) is 9.97 Å². The van der Waals surface area contributed by atoms with Crippen LogP contribution >= 0.6 is 0 Å². The van der Waals surface area contributed by atoms with E-state index in [4.69, 9.17) is 25.8 Å². The molecule has 0 bridgehead atoms. The standard InChI is InChI=1S/C28H28N6O3.C2H4O2/c29-26(30)19-7-9-25(35)21(12-19)14-31-27-23-8-6-20(13-24(23)32-17-33-27)28(36)34-11-10-22(15-34)37-16-18-4-2-1-3-5-18;1-2(3)4/h1-9,12-13,17,22,35H,10-11,14-16H2,(H3,29,30)(H,31,32,33);1H3,(H,3,4). The maximum absolute atomic E-state index is 13.2. The second-order valence-electron chi connectivity index (χ2n) is 9.54. The van der Waals surface area contributed by atoms with Crippen LogP contribution in [0.2, 0.25) is 0 Å². The van der Waals surface area contributed by atoms with Crippen LogP contribution in [0.25, 0.3) is 10.9 Å². The largest absolute Gasteiger partial charge is 0.508 e. The number of fused-ring (bicyclic) bond motifs is 1. The van der Waals surface area contributed by atoms with Crippen molar-refractivity contribution in [3.05, 3.63) is 95.3 Å². The number of anilines is 1. The monoisotopic (exact) mass is 556 g/mol. The van der Waals surface area contributed by atoms with E-state index in [9.17, 15) is 9.90 Å². The average Bonchev–Trinajstić information content (AvgIpc) is 3.44. The minimum Gasteiger partial charge on any atom is -0.508 e. The number of hydrogen-bond acceptors (Lipinski definition) is 8. The van der Waals surface area contributed by atoms with Crippen molar-refractivity contribution in [2.24, 2.45) is 5.73 Å². The third kappa shape index (κ3) is 7.76. The summed E-state index contributed by atoms with van der Waals surface area (Å²) in [5, 5.41) is 29.2. The number of phenolic OH excluding ortho intramolecular Hbond substituents is 1. The van der Waals surface area contributed by atoms with Gasteiger partial charge in [-0.1, -0.05) is 30.3 Å². The normalized spacial score (nSPS) is 14.3. The molecule has 1 atom stereocenters. The Morgan fingerprint density at radius 3 is 2.56 bits per heavy atom. The van der Waals surface area contributed by atoms with E-state index >= 15 is 0 Å². The van der Waals surface area contributed by atoms with Gasteiger partial charge in [0.2, 0.25) is 0 Å². The molecule has 0 radical (unpaired) electrons. The van der Waals surface area contributed by atoms with Gasteiger partial charge in [-0.15, -0.1) is 0 Å². The quantitative estimate of drug-likeness (QED) is 0.160. The number of aromatic hydroxyl groups is 1. The highest BCUT2D eigenvalue weighted by molar-refractivity contribution is 6.00. The van der Waals surface area contributed by atoms with Crippen LogP contribution in [0.15, 0.2) is 73.1 Å². The zero-order chi connectivity index (χ0) is 29.4. The summed E-state index contributed by atoms with van der Waals surface area (Å²) in [6, 6.07) is 20.2. The van der Waals surface area contributed by atoms with Gasteiger partial charge in [-0.3, -0.25) is 15.0 Å². The minimum atomic E-state index is -0.833. The topological polar surface area (TPSA) is 175 Å². The number of nitrogens with two attached hydrogens (primary N) is 1. The molecule has 0 spiro atoms. The summed E-state index contributed by atoms with van der Waals surface area (Å²) in [7, 11) is 0. The second kappa shape index (κ2) is 13.4. The lowest BCUT2D eigenvalue weighted by Gasteiger charge is -2.17. The zero-order valence-corrected chi connectivity index (χ0v) is 22.6. The van der Waals surface area contributed by atoms with Crippen molar-refractivity contribution in [3.63, 3.8) is 0 Å². The molecule has 0 saturated carbocycles. The van der Waals surface area contributed by atoms with E-state index < -0.39 is 5.97 Å². The molecule has 1 amide bonds. The van der Waals surface area contributed by atoms with Crippen LogP contribution in [-0.4, -0.2) is 62.0 Å². The Labute approximate surface area is 237 Å². The highest BCUT2D eigenvalue weighted by Crippen LogP contribution is 2.25. The molecule has 6 N–H and O–H groups in total. The number of rotatable bonds is 8. The number of hydrogen-bond donors (Lipinski definition) is 5. The van der Waals surface area contributed by atoms with Gasteiger partial charge < -0.3 is 30.9 Å². The molecule has 41 heavy (non-hydrogen) atoms. The van der Waals surface area contributed by atoms with Gasteiger partial charge in [0.25, 0.3) is 11.9 Å². The number of carboxylic acids is 1. The minimum absolute atomic E-state index is 0.0145. The predicted molar refractivity (Wildman–Crippen MR) is 155 cm³/mol. The molecule has 5 rings (SSSR count). The van der Waals surface area contributed by atoms with E-state index in [2.05, 4.69) is 15.3 Å². The Balaban J connectivity index is 0.000000909. The van der Waals surface area contributed by atoms with Gasteiger partial charge in [0.05, 0.1) is 18.2 Å². The first-order valence-electron chi connectivity index (χ1n) is 13.0. The molecule has 11 nitrogen and oxygen atoms in total. The van der Waals surface area contributed by atoms with Crippen LogP contribution in [0.5, 0.6) is 5.75 Å². The lowest BCUT2D eigenvalue weighted by atomic mass is 10.1. The fourth-order valence-electron chi connectivity index (χ4n) is 4.42. The zero-order valence-electron chi connectivity index (χ0n) is 22.6. The number of nitrogen functional groups attached to an aromatic ring is 1. The lowest BCUT2D eigenvalue weighted by molar-refractivity contribution is -0.134. The number of amides is 1. The van der Waals surface area contributed by atoms with Crippen molar-refractivity contribution >= 4 is 34.4 Å². The molecular weight excluding hydrogens is 524 g/mol. The van der Waals surface area contributed by atoms with Gasteiger partial charge >= 0.3 is 0 Å². The summed E-state index contributed by atoms with van der Waals surface area (Å²) < 4.78 is 6.02. The molecule has 3 aromatic carbocycles. The number of benzene rings is 3. The van der Waals surface area contributed by atoms with Gasteiger partial charge in [0.15, 0.2) is 0 Å². The first kappa shape index (κ1) is 29.0. The number of likely N-dealkylation sites (tertiary alicyclic amines) is 1. The Morgan fingerprint density at radius 2 is 1.83 bits per heavy atom. The SMILES string of the molecule is CC(=O)O.N=C(N)c1ccc(O)c(CNc2ncnc3cc(C(=O)N4CCC(OCc5ccccc5)C4)ccc23)c1. The fourth-order valence-corrected chi connectivity index (χ4v) is 4.42. The summed E-state index contributed by atoms with van der Waals surface area (Å²) in [6.07, 6.45) is 2.26. The Bertz CT molecular complexity index is 1540. The van der Waals surface area contributed by atoms with Crippen LogP contribution in [0.3, 0.4) is 0 Å². The van der Waals surface area contributed by atoms with E-state index in [-0.39, 0.29) is 30.1 Å². The van der Waals surface area contributed by atoms with Crippen LogP contribution in [0, 0.1) is 5.41 Å². The Morgan fingerprint density at radius 1 is 1.10 bits per heavy atom. The summed E-state index contributed by atoms with van der Waals surface area (Å²) in [6.45, 7) is 3.10. The highest BCUT2D eigenvalue weighted by Gasteiger charge is 2.27. The third-order valence-corrected chi connectivity index (χ3v) is 6.48. The molecule has 1 aliphatic heterocycles. The molecule has 1 unspecified atom stereocenters. The van der Waals surface area contributed by atoms with Crippen molar-refractivity contribution in [3.8, 4) is 5.75 Å². The van der Waals surface area contributed by atoms with Gasteiger partial charge in [-0.05, 0) is 48.4 Å². The average molecular weight is 557 g/mol. The van der Waals surface area contributed by atoms with Crippen molar-refractivity contribution in [1.29, 1.82) is 5.41 Å². The summed E-state index contributed by atoms with van der Waals surface area (Å²) in [4.78, 5) is 32.7. The van der Waals surface area contributed by atoms with Gasteiger partial charge in [-0.2, -0.15) is 0 Å². The van der Waals surface area contributed by atoms with E-state index in [0.717, 1.165) is 24.3 Å². The molecule has 212 valence electrons. The maximum atomic E-state index is 13.2. The molecular formula is C30H32N6O5. The van der Waals surface area contributed by atoms with E-state index in [0.29, 0.717) is 47.7 Å². The van der Waals surface area contributed by atoms with Gasteiger partial charge in [0.1, 0.15) is 23.7 Å². The molecule has 1 saturated heterocycles. The fraction of sp³-hybridized carbons (Fsp3) is 0.233. The van der Waals surface area contributed by atoms with Crippen LogP contribution < -0.4 is 11.1 Å². The number of ether oxygens (including phenoxy) is 1. The van der Waals surface area contributed by atoms with E-state index in [1.807, 2.05) is 41.3 Å². The Hall–Kier alpha value is -5.03. The smallest absolute Gasteiger partial charge is 0.300 e. The summed E-state index contributed by atoms with van der Waals surface area (Å²) in [5.74, 6) is -0.280. The molecule has 4 aromatic rings. The van der Waals surface area contributed by atoms with Crippen LogP contribution in [0.4, 0.5) is 5.82 Å². The number of nitrogens with zero attached hydrogens (tertiary/aromatic N) is 3. The summed E-state index contributed by atoms with van der Waals surface area (Å²) >= 11 is 0. The molecule has 1 aliphatic rings. The van der Waals surface area contributed by atoms with Crippen molar-refractivity contribution < 1.29 is 24.5 Å². The number of nitrogens with one attached hydrogen (secondary N) is 2. The first-order chi connectivity index (χ1) is 19.7. The number of carbonyl (C=O) groups excluding carboxylic acids is 1. The summed E-state index contributed by atoms with van der Waals surface area (Å²) in [5.41, 5.74) is 9.00. The molecule has 2 heterocycles. The second-order valence-corrected chi connectivity index (χ2v) is 9.54. The van der Waals surface area contributed by atoms with Crippen LogP contribution in [-0.2, 0) is 22.7 Å². The predicted octanol–water partition coefficient (Wildman–Crippen LogP) is 3.75. The molecule has 0 aliphatic carbocycles. The van der Waals surface area contributed by atoms with Crippen molar-refractivity contribution in [2.45, 2.75) is 32.6 Å². The lowest BCUT2D eigenvalue weighted by Crippen LogP contribution is -2.30.